The van der Waals surface area contributed by atoms with Crippen LogP contribution < -0.4 is 5.32 Å². The van der Waals surface area contributed by atoms with Crippen LogP contribution in [0.1, 0.15) is 17.8 Å². The SMILES string of the molecule is O=C(Nc1cccc2ccccc12)C1CCc2nc[nH]c2C1. The molecule has 0 aliphatic heterocycles. The summed E-state index contributed by atoms with van der Waals surface area (Å²) in [5, 5.41) is 5.32. The number of fused-ring (bicyclic) bond motifs is 2. The van der Waals surface area contributed by atoms with Gasteiger partial charge < -0.3 is 10.3 Å². The molecule has 2 N–H and O–H groups in total. The zero-order chi connectivity index (χ0) is 14.9. The van der Waals surface area contributed by atoms with Crippen LogP contribution >= 0.6 is 0 Å². The predicted molar refractivity (Wildman–Crippen MR) is 86.7 cm³/mol. The summed E-state index contributed by atoms with van der Waals surface area (Å²) in [5.41, 5.74) is 3.09. The summed E-state index contributed by atoms with van der Waals surface area (Å²) in [5.74, 6) is 0.100. The highest BCUT2D eigenvalue weighted by Gasteiger charge is 2.26. The largest absolute Gasteiger partial charge is 0.348 e. The number of rotatable bonds is 2. The number of anilines is 1. The van der Waals surface area contributed by atoms with Crippen molar-refractivity contribution < 1.29 is 4.79 Å². The Morgan fingerprint density at radius 1 is 1.18 bits per heavy atom. The first-order valence-electron chi connectivity index (χ1n) is 7.61. The van der Waals surface area contributed by atoms with Crippen LogP contribution in [0.3, 0.4) is 0 Å². The van der Waals surface area contributed by atoms with Crippen LogP contribution in [0.4, 0.5) is 5.69 Å². The van der Waals surface area contributed by atoms with Crippen molar-refractivity contribution in [3.8, 4) is 0 Å². The van der Waals surface area contributed by atoms with E-state index in [1.165, 1.54) is 0 Å². The number of nitrogens with one attached hydrogen (secondary N) is 2. The van der Waals surface area contributed by atoms with E-state index in [1.807, 2.05) is 30.3 Å². The van der Waals surface area contributed by atoms with Gasteiger partial charge in [-0.1, -0.05) is 36.4 Å². The van der Waals surface area contributed by atoms with Crippen molar-refractivity contribution in [3.63, 3.8) is 0 Å². The summed E-state index contributed by atoms with van der Waals surface area (Å²) in [4.78, 5) is 20.0. The van der Waals surface area contributed by atoms with Crippen molar-refractivity contribution in [3.05, 3.63) is 60.2 Å². The second-order valence-electron chi connectivity index (χ2n) is 5.78. The maximum absolute atomic E-state index is 12.6. The summed E-state index contributed by atoms with van der Waals surface area (Å²) in [6.45, 7) is 0. The number of hydrogen-bond acceptors (Lipinski definition) is 2. The molecular formula is C18H17N3O. The number of hydrogen-bond donors (Lipinski definition) is 2. The number of benzene rings is 2. The van der Waals surface area contributed by atoms with Crippen molar-refractivity contribution in [2.24, 2.45) is 5.92 Å². The van der Waals surface area contributed by atoms with Crippen molar-refractivity contribution in [2.45, 2.75) is 19.3 Å². The average Bonchev–Trinajstić information content (AvgIpc) is 3.02. The maximum atomic E-state index is 12.6. The lowest BCUT2D eigenvalue weighted by molar-refractivity contribution is -0.120. The summed E-state index contributed by atoms with van der Waals surface area (Å²) < 4.78 is 0. The maximum Gasteiger partial charge on any atom is 0.227 e. The molecule has 4 nitrogen and oxygen atoms in total. The molecule has 22 heavy (non-hydrogen) atoms. The molecule has 0 radical (unpaired) electrons. The second kappa shape index (κ2) is 5.30. The number of carbonyl (C=O) groups is 1. The van der Waals surface area contributed by atoms with Crippen LogP contribution in [-0.2, 0) is 17.6 Å². The minimum absolute atomic E-state index is 0.00641. The zero-order valence-corrected chi connectivity index (χ0v) is 12.2. The molecule has 110 valence electrons. The van der Waals surface area contributed by atoms with E-state index in [1.54, 1.807) is 6.33 Å². The van der Waals surface area contributed by atoms with Crippen molar-refractivity contribution in [1.82, 2.24) is 9.97 Å². The quantitative estimate of drug-likeness (QED) is 0.761. The van der Waals surface area contributed by atoms with Gasteiger partial charge in [-0.2, -0.15) is 0 Å². The molecule has 1 aliphatic rings. The highest BCUT2D eigenvalue weighted by atomic mass is 16.1. The van der Waals surface area contributed by atoms with E-state index >= 15 is 0 Å². The average molecular weight is 291 g/mol. The van der Waals surface area contributed by atoms with E-state index < -0.39 is 0 Å². The van der Waals surface area contributed by atoms with Crippen LogP contribution in [0, 0.1) is 5.92 Å². The Bertz CT molecular complexity index is 832. The number of nitrogens with zero attached hydrogens (tertiary/aromatic N) is 1. The number of aromatic nitrogens is 2. The number of carbonyl (C=O) groups excluding carboxylic acids is 1. The smallest absolute Gasteiger partial charge is 0.227 e. The van der Waals surface area contributed by atoms with Crippen LogP contribution in [0.2, 0.25) is 0 Å². The van der Waals surface area contributed by atoms with Crippen LogP contribution in [0.15, 0.2) is 48.8 Å². The molecule has 1 aromatic heterocycles. The third-order valence-corrected chi connectivity index (χ3v) is 4.41. The summed E-state index contributed by atoms with van der Waals surface area (Å²) in [6.07, 6.45) is 4.18. The Balaban J connectivity index is 1.57. The molecule has 1 amide bonds. The normalized spacial score (nSPS) is 17.2. The molecule has 0 bridgehead atoms. The van der Waals surface area contributed by atoms with Gasteiger partial charge in [-0.05, 0) is 24.3 Å². The predicted octanol–water partition coefficient (Wildman–Crippen LogP) is 3.31. The van der Waals surface area contributed by atoms with Crippen LogP contribution in [0.5, 0.6) is 0 Å². The fourth-order valence-electron chi connectivity index (χ4n) is 3.19. The van der Waals surface area contributed by atoms with E-state index in [4.69, 9.17) is 0 Å². The van der Waals surface area contributed by atoms with E-state index in [2.05, 4.69) is 27.4 Å². The third kappa shape index (κ3) is 2.26. The third-order valence-electron chi connectivity index (χ3n) is 4.41. The van der Waals surface area contributed by atoms with Gasteiger partial charge in [0.15, 0.2) is 0 Å². The van der Waals surface area contributed by atoms with Gasteiger partial charge in [-0.3, -0.25) is 4.79 Å². The van der Waals surface area contributed by atoms with E-state index in [9.17, 15) is 4.79 Å². The zero-order valence-electron chi connectivity index (χ0n) is 12.2. The number of aromatic amines is 1. The molecule has 4 rings (SSSR count). The molecule has 0 saturated carbocycles. The van der Waals surface area contributed by atoms with E-state index in [0.29, 0.717) is 0 Å². The first-order valence-corrected chi connectivity index (χ1v) is 7.61. The topological polar surface area (TPSA) is 57.8 Å². The first-order chi connectivity index (χ1) is 10.8. The molecule has 2 aromatic carbocycles. The molecule has 3 aromatic rings. The van der Waals surface area contributed by atoms with Gasteiger partial charge in [0.2, 0.25) is 5.91 Å². The van der Waals surface area contributed by atoms with Gasteiger partial charge in [-0.25, -0.2) is 4.98 Å². The Morgan fingerprint density at radius 3 is 3.00 bits per heavy atom. The Labute approximate surface area is 128 Å². The molecule has 4 heteroatoms. The first kappa shape index (κ1) is 13.1. The number of H-pyrrole nitrogens is 1. The van der Waals surface area contributed by atoms with Crippen molar-refractivity contribution in [1.29, 1.82) is 0 Å². The van der Waals surface area contributed by atoms with Gasteiger partial charge >= 0.3 is 0 Å². The summed E-state index contributed by atoms with van der Waals surface area (Å²) >= 11 is 0. The lowest BCUT2D eigenvalue weighted by Gasteiger charge is -2.21. The Morgan fingerprint density at radius 2 is 2.05 bits per heavy atom. The fourth-order valence-corrected chi connectivity index (χ4v) is 3.19. The van der Waals surface area contributed by atoms with E-state index in [0.717, 1.165) is 47.1 Å². The second-order valence-corrected chi connectivity index (χ2v) is 5.78. The minimum Gasteiger partial charge on any atom is -0.348 e. The van der Waals surface area contributed by atoms with Crippen molar-refractivity contribution >= 4 is 22.4 Å². The molecule has 0 spiro atoms. The lowest BCUT2D eigenvalue weighted by Crippen LogP contribution is -2.28. The van der Waals surface area contributed by atoms with Gasteiger partial charge in [0.05, 0.1) is 12.0 Å². The molecule has 0 saturated heterocycles. The monoisotopic (exact) mass is 291 g/mol. The number of aryl methyl sites for hydroxylation is 1. The molecule has 1 heterocycles. The summed E-state index contributed by atoms with van der Waals surface area (Å²) in [6, 6.07) is 14.1. The van der Waals surface area contributed by atoms with Crippen molar-refractivity contribution in [2.75, 3.05) is 5.32 Å². The molecular weight excluding hydrogens is 274 g/mol. The fraction of sp³-hybridized carbons (Fsp3) is 0.222. The summed E-state index contributed by atoms with van der Waals surface area (Å²) in [7, 11) is 0. The van der Waals surface area contributed by atoms with Gasteiger partial charge in [0, 0.05) is 29.1 Å². The van der Waals surface area contributed by atoms with Gasteiger partial charge in [0.25, 0.3) is 0 Å². The number of amides is 1. The van der Waals surface area contributed by atoms with Crippen LogP contribution in [-0.4, -0.2) is 15.9 Å². The van der Waals surface area contributed by atoms with Crippen LogP contribution in [0.25, 0.3) is 10.8 Å². The highest BCUT2D eigenvalue weighted by Crippen LogP contribution is 2.27. The molecule has 0 fully saturated rings. The van der Waals surface area contributed by atoms with Gasteiger partial charge in [-0.15, -0.1) is 0 Å². The van der Waals surface area contributed by atoms with Gasteiger partial charge in [0.1, 0.15) is 0 Å². The Kier molecular flexibility index (Phi) is 3.15. The minimum atomic E-state index is 0.00641. The molecule has 1 unspecified atom stereocenters. The Hall–Kier alpha value is -2.62. The molecule has 1 atom stereocenters. The molecule has 1 aliphatic carbocycles. The standard InChI is InChI=1S/C18H17N3O/c22-18(13-8-9-16-17(10-13)20-11-19-16)21-15-7-3-5-12-4-1-2-6-14(12)15/h1-7,11,13H,8-10H2,(H,19,20)(H,21,22). The highest BCUT2D eigenvalue weighted by molar-refractivity contribution is 6.02. The lowest BCUT2D eigenvalue weighted by atomic mass is 9.89. The number of imidazole rings is 1. The van der Waals surface area contributed by atoms with E-state index in [-0.39, 0.29) is 11.8 Å².